The highest BCUT2D eigenvalue weighted by molar-refractivity contribution is 6.01. The zero-order valence-electron chi connectivity index (χ0n) is 16.3. The van der Waals surface area contributed by atoms with Crippen LogP contribution in [0.3, 0.4) is 0 Å². The topological polar surface area (TPSA) is 86.3 Å². The number of nitrogens with zero attached hydrogens (tertiary/aromatic N) is 1. The Morgan fingerprint density at radius 2 is 1.97 bits per heavy atom. The molecular weight excluding hydrogens is 376 g/mol. The first-order valence-corrected chi connectivity index (χ1v) is 9.27. The molecule has 0 aliphatic carbocycles. The summed E-state index contributed by atoms with van der Waals surface area (Å²) in [5.74, 6) is 1.81. The molecule has 0 radical (unpaired) electrons. The fraction of sp³-hybridized carbons (Fsp3) is 0.333. The Hall–Kier alpha value is -3.42. The van der Waals surface area contributed by atoms with Crippen molar-refractivity contribution in [2.75, 3.05) is 32.5 Å². The van der Waals surface area contributed by atoms with Crippen molar-refractivity contribution in [3.8, 4) is 23.0 Å². The molecule has 2 aromatic carbocycles. The standard InChI is InChI=1S/C21H22N2O6/c1-26-15-4-6-17(27-2)16(9-15)23-11-14(8-20(23)24)21(25)22-10-13-3-5-18-19(7-13)29-12-28-18/h3-7,9,14H,8,10-12H2,1-2H3,(H,22,25)/t14-/m0/s1. The van der Waals surface area contributed by atoms with Gasteiger partial charge < -0.3 is 29.2 Å². The Kier molecular flexibility index (Phi) is 5.16. The monoisotopic (exact) mass is 398 g/mol. The van der Waals surface area contributed by atoms with Gasteiger partial charge in [0, 0.05) is 25.6 Å². The van der Waals surface area contributed by atoms with Gasteiger partial charge in [-0.25, -0.2) is 0 Å². The second-order valence-corrected chi connectivity index (χ2v) is 6.85. The van der Waals surface area contributed by atoms with Crippen LogP contribution in [0.5, 0.6) is 23.0 Å². The Bertz CT molecular complexity index is 945. The maximum atomic E-state index is 12.7. The SMILES string of the molecule is COc1ccc(OC)c(N2C[C@@H](C(=O)NCc3ccc4c(c3)OCO4)CC2=O)c1. The van der Waals surface area contributed by atoms with Gasteiger partial charge in [-0.15, -0.1) is 0 Å². The molecule has 2 amide bonds. The van der Waals surface area contributed by atoms with Gasteiger partial charge in [0.25, 0.3) is 0 Å². The summed E-state index contributed by atoms with van der Waals surface area (Å²) in [5, 5.41) is 2.91. The highest BCUT2D eigenvalue weighted by Crippen LogP contribution is 2.36. The molecule has 152 valence electrons. The lowest BCUT2D eigenvalue weighted by Crippen LogP contribution is -2.32. The lowest BCUT2D eigenvalue weighted by Gasteiger charge is -2.20. The molecule has 4 rings (SSSR count). The molecule has 8 heteroatoms. The average molecular weight is 398 g/mol. The fourth-order valence-electron chi connectivity index (χ4n) is 3.51. The van der Waals surface area contributed by atoms with Gasteiger partial charge in [-0.2, -0.15) is 0 Å². The lowest BCUT2D eigenvalue weighted by atomic mass is 10.1. The summed E-state index contributed by atoms with van der Waals surface area (Å²) in [6.07, 6.45) is 0.146. The van der Waals surface area contributed by atoms with Crippen molar-refractivity contribution >= 4 is 17.5 Å². The minimum absolute atomic E-state index is 0.125. The summed E-state index contributed by atoms with van der Waals surface area (Å²) in [6.45, 7) is 0.844. The number of anilines is 1. The van der Waals surface area contributed by atoms with Crippen LogP contribution in [0.4, 0.5) is 5.69 Å². The number of methoxy groups -OCH3 is 2. The molecule has 2 aliphatic rings. The van der Waals surface area contributed by atoms with E-state index in [1.165, 1.54) is 0 Å². The number of fused-ring (bicyclic) bond motifs is 1. The minimum Gasteiger partial charge on any atom is -0.497 e. The quantitative estimate of drug-likeness (QED) is 0.802. The van der Waals surface area contributed by atoms with Crippen LogP contribution in [0.25, 0.3) is 0 Å². The first kappa shape index (κ1) is 18.9. The summed E-state index contributed by atoms with van der Waals surface area (Å²) in [5.41, 5.74) is 1.50. The van der Waals surface area contributed by atoms with Gasteiger partial charge in [0.1, 0.15) is 11.5 Å². The third kappa shape index (κ3) is 3.78. The molecule has 1 saturated heterocycles. The first-order valence-electron chi connectivity index (χ1n) is 9.27. The van der Waals surface area contributed by atoms with Crippen molar-refractivity contribution in [3.05, 3.63) is 42.0 Å². The van der Waals surface area contributed by atoms with Crippen LogP contribution >= 0.6 is 0 Å². The number of hydrogen-bond donors (Lipinski definition) is 1. The van der Waals surface area contributed by atoms with Gasteiger partial charge in [0.2, 0.25) is 18.6 Å². The minimum atomic E-state index is -0.438. The van der Waals surface area contributed by atoms with Crippen molar-refractivity contribution < 1.29 is 28.5 Å². The van der Waals surface area contributed by atoms with E-state index in [1.807, 2.05) is 18.2 Å². The van der Waals surface area contributed by atoms with Gasteiger partial charge in [-0.1, -0.05) is 6.07 Å². The number of nitrogens with one attached hydrogen (secondary N) is 1. The van der Waals surface area contributed by atoms with E-state index < -0.39 is 5.92 Å². The van der Waals surface area contributed by atoms with Crippen LogP contribution < -0.4 is 29.2 Å². The third-order valence-corrected chi connectivity index (χ3v) is 5.08. The van der Waals surface area contributed by atoms with E-state index in [4.69, 9.17) is 18.9 Å². The number of carbonyl (C=O) groups is 2. The van der Waals surface area contributed by atoms with Gasteiger partial charge in [0.15, 0.2) is 11.5 Å². The summed E-state index contributed by atoms with van der Waals surface area (Å²) in [4.78, 5) is 26.8. The van der Waals surface area contributed by atoms with Gasteiger partial charge in [-0.05, 0) is 29.8 Å². The van der Waals surface area contributed by atoms with Crippen LogP contribution in [0.1, 0.15) is 12.0 Å². The van der Waals surface area contributed by atoms with Crippen LogP contribution in [0, 0.1) is 5.92 Å². The van der Waals surface area contributed by atoms with Crippen LogP contribution in [-0.4, -0.2) is 39.4 Å². The number of ether oxygens (including phenoxy) is 4. The Balaban J connectivity index is 1.42. The Labute approximate surface area is 168 Å². The fourth-order valence-corrected chi connectivity index (χ4v) is 3.51. The zero-order chi connectivity index (χ0) is 20.4. The molecule has 2 heterocycles. The van der Waals surface area contributed by atoms with Crippen molar-refractivity contribution in [1.29, 1.82) is 0 Å². The number of carbonyl (C=O) groups excluding carboxylic acids is 2. The smallest absolute Gasteiger partial charge is 0.231 e. The molecule has 2 aromatic rings. The van der Waals surface area contributed by atoms with E-state index in [0.717, 1.165) is 5.56 Å². The molecular formula is C21H22N2O6. The largest absolute Gasteiger partial charge is 0.497 e. The maximum Gasteiger partial charge on any atom is 0.231 e. The molecule has 1 fully saturated rings. The number of rotatable bonds is 6. The third-order valence-electron chi connectivity index (χ3n) is 5.08. The summed E-state index contributed by atoms with van der Waals surface area (Å²) >= 11 is 0. The van der Waals surface area contributed by atoms with E-state index in [0.29, 0.717) is 35.2 Å². The molecule has 0 bridgehead atoms. The van der Waals surface area contributed by atoms with E-state index in [2.05, 4.69) is 5.32 Å². The van der Waals surface area contributed by atoms with E-state index >= 15 is 0 Å². The number of amides is 2. The first-order chi connectivity index (χ1) is 14.1. The highest BCUT2D eigenvalue weighted by Gasteiger charge is 2.36. The van der Waals surface area contributed by atoms with Crippen LogP contribution in [-0.2, 0) is 16.1 Å². The predicted molar refractivity (Wildman–Crippen MR) is 104 cm³/mol. The lowest BCUT2D eigenvalue weighted by molar-refractivity contribution is -0.126. The Morgan fingerprint density at radius 1 is 1.14 bits per heavy atom. The van der Waals surface area contributed by atoms with Crippen molar-refractivity contribution in [3.63, 3.8) is 0 Å². The Morgan fingerprint density at radius 3 is 2.76 bits per heavy atom. The molecule has 29 heavy (non-hydrogen) atoms. The van der Waals surface area contributed by atoms with E-state index in [-0.39, 0.29) is 31.6 Å². The molecule has 0 saturated carbocycles. The second-order valence-electron chi connectivity index (χ2n) is 6.85. The maximum absolute atomic E-state index is 12.7. The highest BCUT2D eigenvalue weighted by atomic mass is 16.7. The van der Waals surface area contributed by atoms with E-state index in [1.54, 1.807) is 37.3 Å². The second kappa shape index (κ2) is 7.90. The normalized spacial score (nSPS) is 17.4. The zero-order valence-corrected chi connectivity index (χ0v) is 16.3. The average Bonchev–Trinajstić information content (AvgIpc) is 3.37. The van der Waals surface area contributed by atoms with Gasteiger partial charge >= 0.3 is 0 Å². The number of hydrogen-bond acceptors (Lipinski definition) is 6. The van der Waals surface area contributed by atoms with Gasteiger partial charge in [0.05, 0.1) is 25.8 Å². The molecule has 1 atom stereocenters. The van der Waals surface area contributed by atoms with E-state index in [9.17, 15) is 9.59 Å². The van der Waals surface area contributed by atoms with Crippen molar-refractivity contribution in [2.45, 2.75) is 13.0 Å². The predicted octanol–water partition coefficient (Wildman–Crippen LogP) is 2.10. The summed E-state index contributed by atoms with van der Waals surface area (Å²) in [6, 6.07) is 10.8. The van der Waals surface area contributed by atoms with Crippen molar-refractivity contribution in [1.82, 2.24) is 5.32 Å². The molecule has 0 spiro atoms. The summed E-state index contributed by atoms with van der Waals surface area (Å²) < 4.78 is 21.3. The molecule has 0 aromatic heterocycles. The van der Waals surface area contributed by atoms with Crippen LogP contribution in [0.2, 0.25) is 0 Å². The number of benzene rings is 2. The van der Waals surface area contributed by atoms with Gasteiger partial charge in [-0.3, -0.25) is 9.59 Å². The molecule has 1 N–H and O–H groups in total. The molecule has 2 aliphatic heterocycles. The van der Waals surface area contributed by atoms with Crippen molar-refractivity contribution in [2.24, 2.45) is 5.92 Å². The van der Waals surface area contributed by atoms with Crippen LogP contribution in [0.15, 0.2) is 36.4 Å². The molecule has 8 nitrogen and oxygen atoms in total. The summed E-state index contributed by atoms with van der Waals surface area (Å²) in [7, 11) is 3.10. The molecule has 0 unspecified atom stereocenters.